The van der Waals surface area contributed by atoms with Crippen LogP contribution in [-0.2, 0) is 9.53 Å². The summed E-state index contributed by atoms with van der Waals surface area (Å²) in [5, 5.41) is 6.21. The Morgan fingerprint density at radius 2 is 1.91 bits per heavy atom. The molecule has 2 N–H and O–H groups in total. The van der Waals surface area contributed by atoms with Gasteiger partial charge in [-0.05, 0) is 43.3 Å². The highest BCUT2D eigenvalue weighted by Crippen LogP contribution is 2.20. The lowest BCUT2D eigenvalue weighted by molar-refractivity contribution is -0.141. The fraction of sp³-hybridized carbons (Fsp3) is 0.188. The van der Waals surface area contributed by atoms with Gasteiger partial charge in [0.2, 0.25) is 0 Å². The van der Waals surface area contributed by atoms with Crippen LogP contribution in [0.1, 0.15) is 17.3 Å². The summed E-state index contributed by atoms with van der Waals surface area (Å²) in [5.41, 5.74) is 0.924. The van der Waals surface area contributed by atoms with Crippen LogP contribution < -0.4 is 10.6 Å². The number of nitrogens with one attached hydrogen (secondary N) is 2. The minimum Gasteiger partial charge on any atom is -0.467 e. The first kappa shape index (κ1) is 16.8. The minimum absolute atomic E-state index is 0.302. The fourth-order valence-electron chi connectivity index (χ4n) is 1.86. The third kappa shape index (κ3) is 4.43. The summed E-state index contributed by atoms with van der Waals surface area (Å²) in [7, 11) is 1.31. The monoisotopic (exact) mass is 333 g/mol. The smallest absolute Gasteiger partial charge is 0.328 e. The van der Waals surface area contributed by atoms with E-state index in [1.165, 1.54) is 7.11 Å². The van der Waals surface area contributed by atoms with Crippen molar-refractivity contribution in [2.75, 3.05) is 17.7 Å². The van der Waals surface area contributed by atoms with E-state index in [0.717, 1.165) is 0 Å². The molecule has 1 amide bonds. The van der Waals surface area contributed by atoms with E-state index in [4.69, 9.17) is 11.6 Å². The second-order valence-corrected chi connectivity index (χ2v) is 5.19. The van der Waals surface area contributed by atoms with E-state index >= 15 is 0 Å². The second kappa shape index (κ2) is 7.60. The molecular formula is C16H16ClN3O3. The Kier molecular flexibility index (Phi) is 5.54. The molecule has 0 spiro atoms. The van der Waals surface area contributed by atoms with Gasteiger partial charge in [-0.15, -0.1) is 0 Å². The van der Waals surface area contributed by atoms with E-state index in [9.17, 15) is 9.59 Å². The summed E-state index contributed by atoms with van der Waals surface area (Å²) in [5.74, 6) is -0.346. The topological polar surface area (TPSA) is 80.3 Å². The second-order valence-electron chi connectivity index (χ2n) is 4.75. The Morgan fingerprint density at radius 3 is 2.57 bits per heavy atom. The standard InChI is InChI=1S/C16H16ClN3O3/c1-10(16(22)23-2)19-14-13(4-3-9-18-14)20-15(21)11-5-7-12(17)8-6-11/h3-10H,1-2H3,(H,18,19)(H,20,21). The maximum Gasteiger partial charge on any atom is 0.328 e. The zero-order chi connectivity index (χ0) is 16.8. The van der Waals surface area contributed by atoms with Crippen molar-refractivity contribution in [1.82, 2.24) is 4.98 Å². The van der Waals surface area contributed by atoms with Crippen LogP contribution in [0.25, 0.3) is 0 Å². The van der Waals surface area contributed by atoms with Crippen molar-refractivity contribution in [3.05, 3.63) is 53.2 Å². The lowest BCUT2D eigenvalue weighted by atomic mass is 10.2. The quantitative estimate of drug-likeness (QED) is 0.822. The van der Waals surface area contributed by atoms with Gasteiger partial charge in [0.05, 0.1) is 12.8 Å². The summed E-state index contributed by atoms with van der Waals surface area (Å²) in [6, 6.07) is 9.30. The molecule has 0 aliphatic heterocycles. The Labute approximate surface area is 138 Å². The number of amides is 1. The van der Waals surface area contributed by atoms with Crippen molar-refractivity contribution in [3.8, 4) is 0 Å². The van der Waals surface area contributed by atoms with Crippen LogP contribution in [0.3, 0.4) is 0 Å². The zero-order valence-electron chi connectivity index (χ0n) is 12.7. The van der Waals surface area contributed by atoms with Gasteiger partial charge in [0.1, 0.15) is 11.9 Å². The lowest BCUT2D eigenvalue weighted by Crippen LogP contribution is -2.28. The Balaban J connectivity index is 2.15. The molecular weight excluding hydrogens is 318 g/mol. The largest absolute Gasteiger partial charge is 0.467 e. The van der Waals surface area contributed by atoms with Gasteiger partial charge in [0.15, 0.2) is 0 Å². The number of methoxy groups -OCH3 is 1. The van der Waals surface area contributed by atoms with Gasteiger partial charge in [-0.3, -0.25) is 4.79 Å². The maximum absolute atomic E-state index is 12.3. The number of carbonyl (C=O) groups excluding carboxylic acids is 2. The SMILES string of the molecule is COC(=O)C(C)Nc1ncccc1NC(=O)c1ccc(Cl)cc1. The average molecular weight is 334 g/mol. The maximum atomic E-state index is 12.3. The molecule has 0 radical (unpaired) electrons. The van der Waals surface area contributed by atoms with Crippen LogP contribution >= 0.6 is 11.6 Å². The molecule has 1 unspecified atom stereocenters. The number of ether oxygens (including phenoxy) is 1. The number of hydrogen-bond acceptors (Lipinski definition) is 5. The van der Waals surface area contributed by atoms with Gasteiger partial charge in [-0.1, -0.05) is 11.6 Å². The molecule has 1 atom stereocenters. The first-order valence-electron chi connectivity index (χ1n) is 6.87. The highest BCUT2D eigenvalue weighted by atomic mass is 35.5. The number of nitrogens with zero attached hydrogens (tertiary/aromatic N) is 1. The molecule has 7 heteroatoms. The van der Waals surface area contributed by atoms with Crippen molar-refractivity contribution >= 4 is 35.0 Å². The van der Waals surface area contributed by atoms with Gasteiger partial charge in [0.25, 0.3) is 5.91 Å². The Morgan fingerprint density at radius 1 is 1.22 bits per heavy atom. The van der Waals surface area contributed by atoms with E-state index in [2.05, 4.69) is 20.4 Å². The van der Waals surface area contributed by atoms with E-state index in [1.54, 1.807) is 49.5 Å². The number of esters is 1. The molecule has 1 aromatic heterocycles. The molecule has 1 heterocycles. The van der Waals surface area contributed by atoms with Crippen LogP contribution in [0.2, 0.25) is 5.02 Å². The number of halogens is 1. The predicted molar refractivity (Wildman–Crippen MR) is 88.7 cm³/mol. The molecule has 0 aliphatic rings. The van der Waals surface area contributed by atoms with Crippen molar-refractivity contribution in [2.45, 2.75) is 13.0 Å². The molecule has 1 aromatic carbocycles. The van der Waals surface area contributed by atoms with Crippen LogP contribution in [0, 0.1) is 0 Å². The molecule has 120 valence electrons. The van der Waals surface area contributed by atoms with Crippen molar-refractivity contribution in [1.29, 1.82) is 0 Å². The average Bonchev–Trinajstić information content (AvgIpc) is 2.56. The molecule has 0 saturated carbocycles. The number of rotatable bonds is 5. The van der Waals surface area contributed by atoms with Crippen LogP contribution in [0.15, 0.2) is 42.6 Å². The number of pyridine rings is 1. The van der Waals surface area contributed by atoms with E-state index in [-0.39, 0.29) is 5.91 Å². The number of aromatic nitrogens is 1. The molecule has 0 bridgehead atoms. The Hall–Kier alpha value is -2.60. The number of anilines is 2. The highest BCUT2D eigenvalue weighted by molar-refractivity contribution is 6.30. The van der Waals surface area contributed by atoms with Crippen molar-refractivity contribution < 1.29 is 14.3 Å². The molecule has 2 rings (SSSR count). The van der Waals surface area contributed by atoms with E-state index in [0.29, 0.717) is 22.1 Å². The number of carbonyl (C=O) groups is 2. The van der Waals surface area contributed by atoms with E-state index < -0.39 is 12.0 Å². The third-order valence-corrected chi connectivity index (χ3v) is 3.32. The summed E-state index contributed by atoms with van der Waals surface area (Å²) < 4.78 is 4.66. The first-order chi connectivity index (χ1) is 11.0. The Bertz CT molecular complexity index is 704. The van der Waals surface area contributed by atoms with Gasteiger partial charge in [-0.2, -0.15) is 0 Å². The summed E-state index contributed by atoms with van der Waals surface area (Å²) in [6.45, 7) is 1.64. The van der Waals surface area contributed by atoms with Crippen molar-refractivity contribution in [3.63, 3.8) is 0 Å². The molecule has 0 aliphatic carbocycles. The molecule has 2 aromatic rings. The number of hydrogen-bond donors (Lipinski definition) is 2. The van der Waals surface area contributed by atoms with Crippen molar-refractivity contribution in [2.24, 2.45) is 0 Å². The summed E-state index contributed by atoms with van der Waals surface area (Å²) in [6.07, 6.45) is 1.56. The van der Waals surface area contributed by atoms with Gasteiger partial charge in [-0.25, -0.2) is 9.78 Å². The zero-order valence-corrected chi connectivity index (χ0v) is 13.4. The van der Waals surface area contributed by atoms with Crippen LogP contribution in [0.5, 0.6) is 0 Å². The van der Waals surface area contributed by atoms with E-state index in [1.807, 2.05) is 0 Å². The summed E-state index contributed by atoms with van der Waals surface area (Å²) >= 11 is 5.81. The van der Waals surface area contributed by atoms with Gasteiger partial charge >= 0.3 is 5.97 Å². The van der Waals surface area contributed by atoms with Crippen LogP contribution in [0.4, 0.5) is 11.5 Å². The van der Waals surface area contributed by atoms with Gasteiger partial charge in [0, 0.05) is 16.8 Å². The summed E-state index contributed by atoms with van der Waals surface area (Å²) in [4.78, 5) is 27.9. The molecule has 0 fully saturated rings. The molecule has 6 nitrogen and oxygen atoms in total. The minimum atomic E-state index is -0.596. The van der Waals surface area contributed by atoms with Crippen LogP contribution in [-0.4, -0.2) is 30.0 Å². The predicted octanol–water partition coefficient (Wildman–Crippen LogP) is 2.96. The molecule has 0 saturated heterocycles. The fourth-order valence-corrected chi connectivity index (χ4v) is 1.98. The number of benzene rings is 1. The molecule has 23 heavy (non-hydrogen) atoms. The lowest BCUT2D eigenvalue weighted by Gasteiger charge is -2.15. The highest BCUT2D eigenvalue weighted by Gasteiger charge is 2.16. The first-order valence-corrected chi connectivity index (χ1v) is 7.25. The normalized spacial score (nSPS) is 11.4. The van der Waals surface area contributed by atoms with Gasteiger partial charge < -0.3 is 15.4 Å². The third-order valence-electron chi connectivity index (χ3n) is 3.07.